The zero-order valence-corrected chi connectivity index (χ0v) is 12.3. The number of halogens is 1. The summed E-state index contributed by atoms with van der Waals surface area (Å²) >= 11 is 3.49. The third-order valence-electron chi connectivity index (χ3n) is 3.10. The zero-order chi connectivity index (χ0) is 13.9. The summed E-state index contributed by atoms with van der Waals surface area (Å²) in [7, 11) is 0. The van der Waals surface area contributed by atoms with Gasteiger partial charge in [-0.05, 0) is 46.3 Å². The minimum Gasteiger partial charge on any atom is -0.488 e. The number of hydrogen-bond donors (Lipinski definition) is 1. The topological polar surface area (TPSA) is 48.1 Å². The molecule has 0 radical (unpaired) electrons. The van der Waals surface area contributed by atoms with Gasteiger partial charge in [-0.25, -0.2) is 0 Å². The Balaban J connectivity index is 1.89. The smallest absolute Gasteiger partial charge is 0.129 e. The predicted octanol–water partition coefficient (Wildman–Crippen LogP) is 4.16. The van der Waals surface area contributed by atoms with Crippen LogP contribution in [0, 0.1) is 0 Å². The van der Waals surface area contributed by atoms with Crippen LogP contribution < -0.4 is 10.5 Å². The first kappa shape index (κ1) is 12.9. The summed E-state index contributed by atoms with van der Waals surface area (Å²) in [6.45, 7) is 0.458. The van der Waals surface area contributed by atoms with Crippen LogP contribution in [-0.2, 0) is 6.61 Å². The van der Waals surface area contributed by atoms with E-state index in [1.54, 1.807) is 6.20 Å². The lowest BCUT2D eigenvalue weighted by molar-refractivity contribution is 0.309. The number of nitrogens with two attached hydrogens (primary N) is 1. The summed E-state index contributed by atoms with van der Waals surface area (Å²) in [5.74, 6) is 0.824. The molecule has 0 bridgehead atoms. The van der Waals surface area contributed by atoms with Crippen LogP contribution in [0.25, 0.3) is 10.9 Å². The molecular weight excluding hydrogens is 316 g/mol. The minimum atomic E-state index is 0.458. The van der Waals surface area contributed by atoms with Gasteiger partial charge in [0.2, 0.25) is 0 Å². The molecule has 2 N–H and O–H groups in total. The summed E-state index contributed by atoms with van der Waals surface area (Å²) in [4.78, 5) is 4.32. The van der Waals surface area contributed by atoms with E-state index in [1.165, 1.54) is 0 Å². The lowest BCUT2D eigenvalue weighted by Gasteiger charge is -2.11. The highest BCUT2D eigenvalue weighted by atomic mass is 79.9. The molecule has 1 aromatic heterocycles. The van der Waals surface area contributed by atoms with Crippen LogP contribution in [-0.4, -0.2) is 4.98 Å². The Morgan fingerprint density at radius 2 is 1.90 bits per heavy atom. The van der Waals surface area contributed by atoms with Gasteiger partial charge in [0.25, 0.3) is 0 Å². The normalized spacial score (nSPS) is 10.7. The Kier molecular flexibility index (Phi) is 3.56. The first-order valence-corrected chi connectivity index (χ1v) is 7.04. The third-order valence-corrected chi connectivity index (χ3v) is 4.06. The molecule has 0 atom stereocenters. The van der Waals surface area contributed by atoms with Gasteiger partial charge in [-0.15, -0.1) is 0 Å². The molecule has 0 amide bonds. The number of ether oxygens (including phenoxy) is 1. The van der Waals surface area contributed by atoms with E-state index < -0.39 is 0 Å². The van der Waals surface area contributed by atoms with E-state index in [2.05, 4.69) is 20.9 Å². The minimum absolute atomic E-state index is 0.458. The van der Waals surface area contributed by atoms with Crippen molar-refractivity contribution < 1.29 is 4.74 Å². The first-order chi connectivity index (χ1) is 9.75. The Morgan fingerprint density at radius 3 is 2.80 bits per heavy atom. The van der Waals surface area contributed by atoms with Gasteiger partial charge in [-0.2, -0.15) is 0 Å². The molecule has 3 rings (SSSR count). The molecule has 0 spiro atoms. The number of rotatable bonds is 3. The van der Waals surface area contributed by atoms with E-state index in [9.17, 15) is 0 Å². The van der Waals surface area contributed by atoms with E-state index in [-0.39, 0.29) is 0 Å². The van der Waals surface area contributed by atoms with E-state index in [0.29, 0.717) is 12.3 Å². The van der Waals surface area contributed by atoms with E-state index in [4.69, 9.17) is 10.5 Å². The largest absolute Gasteiger partial charge is 0.488 e. The summed E-state index contributed by atoms with van der Waals surface area (Å²) in [5, 5.41) is 1.01. The Labute approximate surface area is 125 Å². The Morgan fingerprint density at radius 1 is 1.05 bits per heavy atom. The molecule has 0 fully saturated rings. The van der Waals surface area contributed by atoms with Gasteiger partial charge < -0.3 is 10.5 Å². The van der Waals surface area contributed by atoms with Crippen LogP contribution in [0.15, 0.2) is 59.2 Å². The van der Waals surface area contributed by atoms with Gasteiger partial charge in [-0.3, -0.25) is 4.98 Å². The highest BCUT2D eigenvalue weighted by Crippen LogP contribution is 2.28. The van der Waals surface area contributed by atoms with Crippen molar-refractivity contribution in [1.29, 1.82) is 0 Å². The SMILES string of the molecule is Nc1cccc(COc2cccc3ncccc23)c1Br. The summed E-state index contributed by atoms with van der Waals surface area (Å²) in [5.41, 5.74) is 8.53. The van der Waals surface area contributed by atoms with Gasteiger partial charge in [0.1, 0.15) is 12.4 Å². The standard InChI is InChI=1S/C16H13BrN2O/c17-16-11(4-1-6-13(16)18)10-20-15-8-2-7-14-12(15)5-3-9-19-14/h1-9H,10,18H2. The Hall–Kier alpha value is -2.07. The first-order valence-electron chi connectivity index (χ1n) is 6.25. The monoisotopic (exact) mass is 328 g/mol. The van der Waals surface area contributed by atoms with Crippen molar-refractivity contribution in [3.63, 3.8) is 0 Å². The van der Waals surface area contributed by atoms with Crippen LogP contribution >= 0.6 is 15.9 Å². The number of fused-ring (bicyclic) bond motifs is 1. The molecule has 0 saturated heterocycles. The molecule has 100 valence electrons. The van der Waals surface area contributed by atoms with Crippen LogP contribution in [0.3, 0.4) is 0 Å². The second-order valence-electron chi connectivity index (χ2n) is 4.44. The maximum absolute atomic E-state index is 5.92. The number of nitrogens with zero attached hydrogens (tertiary/aromatic N) is 1. The van der Waals surface area contributed by atoms with Gasteiger partial charge >= 0.3 is 0 Å². The number of aromatic nitrogens is 1. The number of anilines is 1. The number of benzene rings is 2. The van der Waals surface area contributed by atoms with Crippen LogP contribution in [0.4, 0.5) is 5.69 Å². The number of hydrogen-bond acceptors (Lipinski definition) is 3. The van der Waals surface area contributed by atoms with Crippen molar-refractivity contribution in [3.05, 3.63) is 64.8 Å². The number of pyridine rings is 1. The van der Waals surface area contributed by atoms with Gasteiger partial charge in [0, 0.05) is 27.3 Å². The molecule has 0 aliphatic carbocycles. The Bertz CT molecular complexity index is 753. The van der Waals surface area contributed by atoms with Crippen molar-refractivity contribution >= 4 is 32.5 Å². The number of nitrogen functional groups attached to an aromatic ring is 1. The van der Waals surface area contributed by atoms with Crippen molar-refractivity contribution in [1.82, 2.24) is 4.98 Å². The fourth-order valence-corrected chi connectivity index (χ4v) is 2.45. The average molecular weight is 329 g/mol. The fourth-order valence-electron chi connectivity index (χ4n) is 2.07. The third kappa shape index (κ3) is 2.47. The van der Waals surface area contributed by atoms with Crippen molar-refractivity contribution in [2.24, 2.45) is 0 Å². The summed E-state index contributed by atoms with van der Waals surface area (Å²) in [6.07, 6.45) is 1.78. The molecule has 3 nitrogen and oxygen atoms in total. The lowest BCUT2D eigenvalue weighted by Crippen LogP contribution is -1.99. The van der Waals surface area contributed by atoms with E-state index in [1.807, 2.05) is 48.5 Å². The fraction of sp³-hybridized carbons (Fsp3) is 0.0625. The average Bonchev–Trinajstić information content (AvgIpc) is 2.49. The molecule has 0 aliphatic rings. The molecule has 1 heterocycles. The van der Waals surface area contributed by atoms with Crippen LogP contribution in [0.2, 0.25) is 0 Å². The predicted molar refractivity (Wildman–Crippen MR) is 84.6 cm³/mol. The van der Waals surface area contributed by atoms with Gasteiger partial charge in [0.15, 0.2) is 0 Å². The van der Waals surface area contributed by atoms with Crippen LogP contribution in [0.5, 0.6) is 5.75 Å². The molecule has 4 heteroatoms. The van der Waals surface area contributed by atoms with Crippen molar-refractivity contribution in [2.45, 2.75) is 6.61 Å². The lowest BCUT2D eigenvalue weighted by atomic mass is 10.2. The maximum Gasteiger partial charge on any atom is 0.129 e. The summed E-state index contributed by atoms with van der Waals surface area (Å²) in [6, 6.07) is 15.5. The van der Waals surface area contributed by atoms with Gasteiger partial charge in [-0.1, -0.05) is 18.2 Å². The zero-order valence-electron chi connectivity index (χ0n) is 10.7. The molecule has 3 aromatic rings. The second kappa shape index (κ2) is 5.51. The van der Waals surface area contributed by atoms with E-state index in [0.717, 1.165) is 26.7 Å². The van der Waals surface area contributed by atoms with Crippen molar-refractivity contribution in [3.8, 4) is 5.75 Å². The molecular formula is C16H13BrN2O. The van der Waals surface area contributed by atoms with Gasteiger partial charge in [0.05, 0.1) is 5.52 Å². The molecule has 2 aromatic carbocycles. The maximum atomic E-state index is 5.92. The molecule has 0 saturated carbocycles. The molecule has 20 heavy (non-hydrogen) atoms. The highest BCUT2D eigenvalue weighted by Gasteiger charge is 2.06. The molecule has 0 unspecified atom stereocenters. The van der Waals surface area contributed by atoms with E-state index >= 15 is 0 Å². The quantitative estimate of drug-likeness (QED) is 0.734. The second-order valence-corrected chi connectivity index (χ2v) is 5.23. The summed E-state index contributed by atoms with van der Waals surface area (Å²) < 4.78 is 6.80. The van der Waals surface area contributed by atoms with Crippen LogP contribution in [0.1, 0.15) is 5.56 Å². The highest BCUT2D eigenvalue weighted by molar-refractivity contribution is 9.10. The molecule has 0 aliphatic heterocycles. The van der Waals surface area contributed by atoms with Crippen molar-refractivity contribution in [2.75, 3.05) is 5.73 Å².